The molecule has 112 valence electrons. The monoisotopic (exact) mass is 298 g/mol. The number of benzene rings is 1. The predicted octanol–water partition coefficient (Wildman–Crippen LogP) is 2.00. The number of nitrogens with two attached hydrogens (primary N) is 1. The van der Waals surface area contributed by atoms with Crippen LogP contribution in [-0.2, 0) is 0 Å². The third kappa shape index (κ3) is 2.32. The molecule has 0 saturated carbocycles. The average molecular weight is 298 g/mol. The van der Waals surface area contributed by atoms with Gasteiger partial charge < -0.3 is 20.3 Å². The van der Waals surface area contributed by atoms with Crippen LogP contribution in [0, 0.1) is 0 Å². The Balaban J connectivity index is 2.23. The summed E-state index contributed by atoms with van der Waals surface area (Å²) in [7, 11) is 3.10. The van der Waals surface area contributed by atoms with Crippen molar-refractivity contribution in [1.82, 2.24) is 15.0 Å². The van der Waals surface area contributed by atoms with Crippen molar-refractivity contribution in [1.29, 1.82) is 0 Å². The zero-order valence-electron chi connectivity index (χ0n) is 12.1. The molecule has 0 bridgehead atoms. The number of anilines is 1. The van der Waals surface area contributed by atoms with Gasteiger partial charge in [-0.1, -0.05) is 0 Å². The van der Waals surface area contributed by atoms with Crippen LogP contribution < -0.4 is 15.2 Å². The van der Waals surface area contributed by atoms with E-state index in [1.807, 2.05) is 0 Å². The summed E-state index contributed by atoms with van der Waals surface area (Å²) in [6.07, 6.45) is 2.89. The van der Waals surface area contributed by atoms with Crippen LogP contribution in [0.4, 0.5) is 5.82 Å². The first kappa shape index (κ1) is 13.9. The minimum absolute atomic E-state index is 0.0343. The summed E-state index contributed by atoms with van der Waals surface area (Å²) in [6.45, 7) is 0. The second-order valence-corrected chi connectivity index (χ2v) is 4.59. The Morgan fingerprint density at radius 1 is 1.00 bits per heavy atom. The van der Waals surface area contributed by atoms with E-state index >= 15 is 0 Å². The van der Waals surface area contributed by atoms with Crippen molar-refractivity contribution in [2.75, 3.05) is 20.0 Å². The van der Waals surface area contributed by atoms with E-state index in [2.05, 4.69) is 15.0 Å². The van der Waals surface area contributed by atoms with Crippen molar-refractivity contribution in [2.45, 2.75) is 0 Å². The summed E-state index contributed by atoms with van der Waals surface area (Å²) in [5.41, 5.74) is 7.20. The number of ether oxygens (including phenoxy) is 2. The lowest BCUT2D eigenvalue weighted by Gasteiger charge is -2.11. The standard InChI is InChI=1S/C15H14N4O3/c1-21-12-4-10-11(5-13(12)22-2)18-15(19-14(10)16)8-3-9(20)7-17-6-8/h3-7,20H,1-2H3,(H2,16,18,19). The molecule has 3 rings (SSSR count). The number of pyridine rings is 1. The maximum atomic E-state index is 9.52. The highest BCUT2D eigenvalue weighted by Gasteiger charge is 2.13. The summed E-state index contributed by atoms with van der Waals surface area (Å²) in [4.78, 5) is 12.6. The fourth-order valence-corrected chi connectivity index (χ4v) is 2.16. The van der Waals surface area contributed by atoms with E-state index in [1.165, 1.54) is 12.3 Å². The number of aromatic nitrogens is 3. The van der Waals surface area contributed by atoms with E-state index in [9.17, 15) is 5.11 Å². The Hall–Kier alpha value is -3.09. The third-order valence-electron chi connectivity index (χ3n) is 3.21. The molecule has 0 atom stereocenters. The summed E-state index contributed by atoms with van der Waals surface area (Å²) < 4.78 is 10.5. The molecule has 0 spiro atoms. The highest BCUT2D eigenvalue weighted by Crippen LogP contribution is 2.34. The maximum Gasteiger partial charge on any atom is 0.163 e. The van der Waals surface area contributed by atoms with Crippen LogP contribution in [0.25, 0.3) is 22.3 Å². The SMILES string of the molecule is COc1cc2nc(-c3cncc(O)c3)nc(N)c2cc1OC. The topological polar surface area (TPSA) is 103 Å². The molecular weight excluding hydrogens is 284 g/mol. The predicted molar refractivity (Wildman–Crippen MR) is 82.0 cm³/mol. The number of fused-ring (bicyclic) bond motifs is 1. The van der Waals surface area contributed by atoms with E-state index in [4.69, 9.17) is 15.2 Å². The van der Waals surface area contributed by atoms with Gasteiger partial charge in [-0.05, 0) is 12.1 Å². The number of hydrogen-bond donors (Lipinski definition) is 2. The van der Waals surface area contributed by atoms with Gasteiger partial charge in [0.05, 0.1) is 25.9 Å². The number of methoxy groups -OCH3 is 2. The molecule has 0 aliphatic rings. The highest BCUT2D eigenvalue weighted by molar-refractivity contribution is 5.92. The van der Waals surface area contributed by atoms with Crippen LogP contribution in [0.15, 0.2) is 30.6 Å². The molecular formula is C15H14N4O3. The Bertz CT molecular complexity index is 852. The minimum atomic E-state index is 0.0343. The molecule has 7 heteroatoms. The number of aromatic hydroxyl groups is 1. The van der Waals surface area contributed by atoms with Crippen LogP contribution in [0.2, 0.25) is 0 Å². The van der Waals surface area contributed by atoms with E-state index in [0.717, 1.165) is 0 Å². The number of rotatable bonds is 3. The van der Waals surface area contributed by atoms with E-state index in [-0.39, 0.29) is 5.75 Å². The molecule has 0 aliphatic carbocycles. The number of nitrogen functional groups attached to an aromatic ring is 1. The molecule has 3 aromatic rings. The molecule has 22 heavy (non-hydrogen) atoms. The summed E-state index contributed by atoms with van der Waals surface area (Å²) in [5.74, 6) is 1.82. The molecule has 0 saturated heterocycles. The fourth-order valence-electron chi connectivity index (χ4n) is 2.16. The first-order chi connectivity index (χ1) is 10.6. The molecule has 2 heterocycles. The van der Waals surface area contributed by atoms with E-state index < -0.39 is 0 Å². The van der Waals surface area contributed by atoms with Gasteiger partial charge in [-0.25, -0.2) is 9.97 Å². The maximum absolute atomic E-state index is 9.52. The van der Waals surface area contributed by atoms with Gasteiger partial charge in [0.15, 0.2) is 17.3 Å². The molecule has 0 fully saturated rings. The minimum Gasteiger partial charge on any atom is -0.506 e. The Kier molecular flexibility index (Phi) is 3.38. The van der Waals surface area contributed by atoms with Crippen molar-refractivity contribution in [2.24, 2.45) is 0 Å². The Morgan fingerprint density at radius 3 is 2.41 bits per heavy atom. The largest absolute Gasteiger partial charge is 0.506 e. The number of nitrogens with zero attached hydrogens (tertiary/aromatic N) is 3. The third-order valence-corrected chi connectivity index (χ3v) is 3.21. The van der Waals surface area contributed by atoms with Crippen LogP contribution in [0.1, 0.15) is 0 Å². The first-order valence-electron chi connectivity index (χ1n) is 6.46. The normalized spacial score (nSPS) is 10.6. The summed E-state index contributed by atoms with van der Waals surface area (Å²) in [5, 5.41) is 10.2. The average Bonchev–Trinajstić information content (AvgIpc) is 2.53. The van der Waals surface area contributed by atoms with E-state index in [1.54, 1.807) is 32.5 Å². The molecule has 3 N–H and O–H groups in total. The molecule has 0 unspecified atom stereocenters. The molecule has 0 amide bonds. The Morgan fingerprint density at radius 2 is 1.73 bits per heavy atom. The van der Waals surface area contributed by atoms with Gasteiger partial charge in [0.1, 0.15) is 11.6 Å². The highest BCUT2D eigenvalue weighted by atomic mass is 16.5. The van der Waals surface area contributed by atoms with Gasteiger partial charge in [0, 0.05) is 23.2 Å². The van der Waals surface area contributed by atoms with Crippen molar-refractivity contribution in [3.63, 3.8) is 0 Å². The van der Waals surface area contributed by atoms with Gasteiger partial charge >= 0.3 is 0 Å². The molecule has 1 aromatic carbocycles. The smallest absolute Gasteiger partial charge is 0.163 e. The van der Waals surface area contributed by atoms with Gasteiger partial charge in [-0.2, -0.15) is 0 Å². The van der Waals surface area contributed by atoms with Gasteiger partial charge in [0.2, 0.25) is 0 Å². The van der Waals surface area contributed by atoms with Crippen molar-refractivity contribution in [3.05, 3.63) is 30.6 Å². The quantitative estimate of drug-likeness (QED) is 0.762. The Labute approximate surface area is 126 Å². The molecule has 0 aliphatic heterocycles. The zero-order chi connectivity index (χ0) is 15.7. The molecule has 0 radical (unpaired) electrons. The van der Waals surface area contributed by atoms with Crippen molar-refractivity contribution >= 4 is 16.7 Å². The van der Waals surface area contributed by atoms with Crippen LogP contribution in [0.3, 0.4) is 0 Å². The lowest BCUT2D eigenvalue weighted by Crippen LogP contribution is -1.99. The van der Waals surface area contributed by atoms with Crippen molar-refractivity contribution in [3.8, 4) is 28.6 Å². The zero-order valence-corrected chi connectivity index (χ0v) is 12.1. The van der Waals surface area contributed by atoms with Crippen LogP contribution in [-0.4, -0.2) is 34.3 Å². The van der Waals surface area contributed by atoms with E-state index in [0.29, 0.717) is 39.6 Å². The van der Waals surface area contributed by atoms with Gasteiger partial charge in [-0.3, -0.25) is 4.98 Å². The van der Waals surface area contributed by atoms with Crippen LogP contribution >= 0.6 is 0 Å². The fraction of sp³-hybridized carbons (Fsp3) is 0.133. The number of hydrogen-bond acceptors (Lipinski definition) is 7. The van der Waals surface area contributed by atoms with Gasteiger partial charge in [-0.15, -0.1) is 0 Å². The second-order valence-electron chi connectivity index (χ2n) is 4.59. The second kappa shape index (κ2) is 5.36. The lowest BCUT2D eigenvalue weighted by atomic mass is 10.2. The van der Waals surface area contributed by atoms with Crippen LogP contribution in [0.5, 0.6) is 17.2 Å². The first-order valence-corrected chi connectivity index (χ1v) is 6.46. The molecule has 7 nitrogen and oxygen atoms in total. The van der Waals surface area contributed by atoms with Gasteiger partial charge in [0.25, 0.3) is 0 Å². The summed E-state index contributed by atoms with van der Waals surface area (Å²) in [6, 6.07) is 4.98. The summed E-state index contributed by atoms with van der Waals surface area (Å²) >= 11 is 0. The lowest BCUT2D eigenvalue weighted by molar-refractivity contribution is 0.356. The van der Waals surface area contributed by atoms with Crippen molar-refractivity contribution < 1.29 is 14.6 Å². The molecule has 2 aromatic heterocycles.